The normalized spacial score (nSPS) is 14.7. The Morgan fingerprint density at radius 3 is 2.19 bits per heavy atom. The summed E-state index contributed by atoms with van der Waals surface area (Å²) >= 11 is 0. The van der Waals surface area contributed by atoms with E-state index in [9.17, 15) is 18.0 Å². The molecule has 1 aliphatic rings. The first-order valence-electron chi connectivity index (χ1n) is 14.8. The molecule has 0 aromatic heterocycles. The van der Waals surface area contributed by atoms with E-state index in [1.807, 2.05) is 87.5 Å². The van der Waals surface area contributed by atoms with Gasteiger partial charge in [0.25, 0.3) is 0 Å². The molecule has 4 rings (SSSR count). The highest BCUT2D eigenvalue weighted by molar-refractivity contribution is 7.92. The number of amides is 2. The van der Waals surface area contributed by atoms with Crippen molar-refractivity contribution in [2.75, 3.05) is 17.1 Å². The third-order valence-electron chi connectivity index (χ3n) is 8.12. The first-order valence-corrected chi connectivity index (χ1v) is 16.6. The van der Waals surface area contributed by atoms with Crippen LogP contribution >= 0.6 is 0 Å². The van der Waals surface area contributed by atoms with Crippen LogP contribution in [0.2, 0.25) is 0 Å². The van der Waals surface area contributed by atoms with Crippen molar-refractivity contribution >= 4 is 27.5 Å². The second kappa shape index (κ2) is 14.0. The molecule has 224 valence electrons. The van der Waals surface area contributed by atoms with E-state index in [4.69, 9.17) is 0 Å². The van der Waals surface area contributed by atoms with Gasteiger partial charge in [-0.2, -0.15) is 0 Å². The quantitative estimate of drug-likeness (QED) is 0.322. The topological polar surface area (TPSA) is 86.8 Å². The zero-order valence-corrected chi connectivity index (χ0v) is 26.0. The zero-order valence-electron chi connectivity index (χ0n) is 25.2. The van der Waals surface area contributed by atoms with Crippen LogP contribution in [0, 0.1) is 20.8 Å². The summed E-state index contributed by atoms with van der Waals surface area (Å²) < 4.78 is 27.3. The Morgan fingerprint density at radius 2 is 1.55 bits per heavy atom. The minimum Gasteiger partial charge on any atom is -0.352 e. The Morgan fingerprint density at radius 1 is 0.881 bits per heavy atom. The molecule has 0 aliphatic heterocycles. The standard InChI is InChI=1S/C34H43N3O4S/c1-25-19-20-31(27(3)21-25)37(42(4,40)41)24-33(38)36(23-29-16-12-11-13-26(29)2)32(22-28-14-7-5-8-15-28)34(39)35-30-17-9-6-10-18-30/h5,7-8,11-16,19-21,30,32H,6,9-10,17-18,22-24H2,1-4H3,(H,35,39)/t32-/m0/s1. The zero-order chi connectivity index (χ0) is 30.3. The molecule has 0 spiro atoms. The molecule has 1 saturated carbocycles. The van der Waals surface area contributed by atoms with Crippen molar-refractivity contribution in [2.24, 2.45) is 0 Å². The van der Waals surface area contributed by atoms with Crippen LogP contribution in [0.3, 0.4) is 0 Å². The number of benzene rings is 3. The van der Waals surface area contributed by atoms with E-state index in [1.165, 1.54) is 0 Å². The smallest absolute Gasteiger partial charge is 0.244 e. The Hall–Kier alpha value is -3.65. The van der Waals surface area contributed by atoms with Gasteiger partial charge in [-0.15, -0.1) is 0 Å². The van der Waals surface area contributed by atoms with Crippen molar-refractivity contribution in [3.05, 3.63) is 101 Å². The van der Waals surface area contributed by atoms with Gasteiger partial charge in [-0.25, -0.2) is 8.42 Å². The number of nitrogens with zero attached hydrogens (tertiary/aromatic N) is 2. The number of sulfonamides is 1. The molecule has 0 bridgehead atoms. The molecule has 1 fully saturated rings. The summed E-state index contributed by atoms with van der Waals surface area (Å²) in [4.78, 5) is 30.0. The van der Waals surface area contributed by atoms with Crippen LogP contribution in [0.25, 0.3) is 0 Å². The second-order valence-electron chi connectivity index (χ2n) is 11.6. The van der Waals surface area contributed by atoms with Gasteiger partial charge < -0.3 is 10.2 Å². The summed E-state index contributed by atoms with van der Waals surface area (Å²) in [7, 11) is -3.81. The first-order chi connectivity index (χ1) is 20.0. The Balaban J connectivity index is 1.74. The number of hydrogen-bond acceptors (Lipinski definition) is 4. The molecule has 0 unspecified atom stereocenters. The monoisotopic (exact) mass is 589 g/mol. The molecular weight excluding hydrogens is 546 g/mol. The number of carbonyl (C=O) groups is 2. The molecule has 8 heteroatoms. The summed E-state index contributed by atoms with van der Waals surface area (Å²) in [6.07, 6.45) is 6.58. The fraction of sp³-hybridized carbons (Fsp3) is 0.412. The van der Waals surface area contributed by atoms with Crippen LogP contribution in [-0.4, -0.2) is 50.0 Å². The van der Waals surface area contributed by atoms with E-state index in [1.54, 1.807) is 11.0 Å². The number of nitrogens with one attached hydrogen (secondary N) is 1. The van der Waals surface area contributed by atoms with E-state index < -0.39 is 28.5 Å². The van der Waals surface area contributed by atoms with Gasteiger partial charge in [0.15, 0.2) is 0 Å². The number of rotatable bonds is 11. The highest BCUT2D eigenvalue weighted by Crippen LogP contribution is 2.25. The van der Waals surface area contributed by atoms with Crippen LogP contribution in [0.4, 0.5) is 5.69 Å². The average Bonchev–Trinajstić information content (AvgIpc) is 2.95. The Kier molecular flexibility index (Phi) is 10.4. The van der Waals surface area contributed by atoms with Gasteiger partial charge in [-0.1, -0.05) is 91.6 Å². The summed E-state index contributed by atoms with van der Waals surface area (Å²) in [5, 5.41) is 3.24. The molecule has 3 aromatic carbocycles. The minimum absolute atomic E-state index is 0.0719. The van der Waals surface area contributed by atoms with Gasteiger partial charge >= 0.3 is 0 Å². The van der Waals surface area contributed by atoms with Crippen molar-refractivity contribution in [3.8, 4) is 0 Å². The number of anilines is 1. The lowest BCUT2D eigenvalue weighted by Crippen LogP contribution is -2.55. The molecule has 1 atom stereocenters. The average molecular weight is 590 g/mol. The Bertz CT molecular complexity index is 1480. The molecule has 7 nitrogen and oxygen atoms in total. The summed E-state index contributed by atoms with van der Waals surface area (Å²) in [6, 6.07) is 22.2. The number of carbonyl (C=O) groups excluding carboxylic acids is 2. The van der Waals surface area contributed by atoms with Gasteiger partial charge in [0.1, 0.15) is 12.6 Å². The van der Waals surface area contributed by atoms with Crippen LogP contribution in [-0.2, 0) is 32.6 Å². The van der Waals surface area contributed by atoms with Crippen LogP contribution in [0.15, 0.2) is 72.8 Å². The van der Waals surface area contributed by atoms with Gasteiger partial charge in [0.05, 0.1) is 11.9 Å². The van der Waals surface area contributed by atoms with Gasteiger partial charge in [0.2, 0.25) is 21.8 Å². The molecule has 2 amide bonds. The van der Waals surface area contributed by atoms with Gasteiger partial charge in [-0.3, -0.25) is 13.9 Å². The SMILES string of the molecule is Cc1ccc(N(CC(=O)N(Cc2ccccc2C)[C@@H](Cc2ccccc2)C(=O)NC2CCCCC2)S(C)(=O)=O)c(C)c1. The highest BCUT2D eigenvalue weighted by atomic mass is 32.2. The van der Waals surface area contributed by atoms with Crippen molar-refractivity contribution in [1.82, 2.24) is 10.2 Å². The number of aryl methyl sites for hydroxylation is 3. The lowest BCUT2D eigenvalue weighted by atomic mass is 9.94. The van der Waals surface area contributed by atoms with E-state index in [0.29, 0.717) is 12.1 Å². The van der Waals surface area contributed by atoms with Crippen LogP contribution in [0.1, 0.15) is 59.9 Å². The fourth-order valence-corrected chi connectivity index (χ4v) is 6.66. The van der Waals surface area contributed by atoms with Crippen molar-refractivity contribution in [3.63, 3.8) is 0 Å². The molecule has 3 aromatic rings. The van der Waals surface area contributed by atoms with Crippen molar-refractivity contribution in [2.45, 2.75) is 77.9 Å². The van der Waals surface area contributed by atoms with E-state index in [0.717, 1.165) is 70.5 Å². The summed E-state index contributed by atoms with van der Waals surface area (Å²) in [6.45, 7) is 5.54. The van der Waals surface area contributed by atoms with Gasteiger partial charge in [0, 0.05) is 19.0 Å². The predicted molar refractivity (Wildman–Crippen MR) is 169 cm³/mol. The second-order valence-corrected chi connectivity index (χ2v) is 13.5. The van der Waals surface area contributed by atoms with E-state index in [-0.39, 0.29) is 18.5 Å². The third kappa shape index (κ3) is 8.22. The highest BCUT2D eigenvalue weighted by Gasteiger charge is 2.34. The lowest BCUT2D eigenvalue weighted by molar-refractivity contribution is -0.140. The van der Waals surface area contributed by atoms with Crippen molar-refractivity contribution in [1.29, 1.82) is 0 Å². The molecule has 0 radical (unpaired) electrons. The maximum absolute atomic E-state index is 14.3. The van der Waals surface area contributed by atoms with Gasteiger partial charge in [-0.05, 0) is 61.9 Å². The molecule has 0 saturated heterocycles. The van der Waals surface area contributed by atoms with E-state index >= 15 is 0 Å². The molecule has 1 aliphatic carbocycles. The molecule has 0 heterocycles. The van der Waals surface area contributed by atoms with E-state index in [2.05, 4.69) is 5.32 Å². The van der Waals surface area contributed by atoms with Crippen LogP contribution < -0.4 is 9.62 Å². The Labute approximate surface area is 251 Å². The van der Waals surface area contributed by atoms with Crippen LogP contribution in [0.5, 0.6) is 0 Å². The third-order valence-corrected chi connectivity index (χ3v) is 9.25. The predicted octanol–water partition coefficient (Wildman–Crippen LogP) is 5.47. The largest absolute Gasteiger partial charge is 0.352 e. The lowest BCUT2D eigenvalue weighted by Gasteiger charge is -2.35. The fourth-order valence-electron chi connectivity index (χ4n) is 5.75. The summed E-state index contributed by atoms with van der Waals surface area (Å²) in [5.74, 6) is -0.631. The number of hydrogen-bond donors (Lipinski definition) is 1. The van der Waals surface area contributed by atoms with Crippen molar-refractivity contribution < 1.29 is 18.0 Å². The molecule has 42 heavy (non-hydrogen) atoms. The molecule has 1 N–H and O–H groups in total. The maximum atomic E-state index is 14.3. The summed E-state index contributed by atoms with van der Waals surface area (Å²) in [5.41, 5.74) is 5.05. The maximum Gasteiger partial charge on any atom is 0.244 e. The minimum atomic E-state index is -3.81. The first kappa shape index (κ1) is 31.3. The molecular formula is C34H43N3O4S.